The SMILES string of the molecule is CC1CCC(C(=O)O)CN1C(=O)CN1CCCCC1=O. The van der Waals surface area contributed by atoms with E-state index in [0.717, 1.165) is 12.8 Å². The number of likely N-dealkylation sites (tertiary alicyclic amines) is 2. The van der Waals surface area contributed by atoms with Gasteiger partial charge in [0.05, 0.1) is 12.5 Å². The largest absolute Gasteiger partial charge is 0.481 e. The lowest BCUT2D eigenvalue weighted by atomic mass is 9.93. The normalized spacial score (nSPS) is 27.6. The predicted molar refractivity (Wildman–Crippen MR) is 72.0 cm³/mol. The van der Waals surface area contributed by atoms with Crippen molar-refractivity contribution >= 4 is 17.8 Å². The van der Waals surface area contributed by atoms with Crippen LogP contribution < -0.4 is 0 Å². The van der Waals surface area contributed by atoms with Crippen LogP contribution in [0.3, 0.4) is 0 Å². The van der Waals surface area contributed by atoms with Gasteiger partial charge >= 0.3 is 5.97 Å². The number of carboxylic acid groups (broad SMARTS) is 1. The van der Waals surface area contributed by atoms with Crippen LogP contribution in [0, 0.1) is 5.92 Å². The summed E-state index contributed by atoms with van der Waals surface area (Å²) in [4.78, 5) is 38.4. The van der Waals surface area contributed by atoms with Gasteiger partial charge < -0.3 is 14.9 Å². The van der Waals surface area contributed by atoms with Crippen molar-refractivity contribution in [2.75, 3.05) is 19.6 Å². The van der Waals surface area contributed by atoms with Crippen molar-refractivity contribution < 1.29 is 19.5 Å². The van der Waals surface area contributed by atoms with Gasteiger partial charge in [0.15, 0.2) is 0 Å². The molecule has 0 radical (unpaired) electrons. The minimum Gasteiger partial charge on any atom is -0.481 e. The second-order valence-corrected chi connectivity index (χ2v) is 5.78. The van der Waals surface area contributed by atoms with Crippen LogP contribution in [-0.2, 0) is 14.4 Å². The van der Waals surface area contributed by atoms with Gasteiger partial charge in [0.1, 0.15) is 0 Å². The van der Waals surface area contributed by atoms with Crippen LogP contribution >= 0.6 is 0 Å². The molecule has 2 unspecified atom stereocenters. The first-order valence-electron chi connectivity index (χ1n) is 7.29. The Hall–Kier alpha value is -1.59. The van der Waals surface area contributed by atoms with Crippen LogP contribution in [0.25, 0.3) is 0 Å². The van der Waals surface area contributed by atoms with Crippen molar-refractivity contribution in [2.24, 2.45) is 5.92 Å². The van der Waals surface area contributed by atoms with Gasteiger partial charge in [0.2, 0.25) is 11.8 Å². The molecular weight excluding hydrogens is 260 g/mol. The lowest BCUT2D eigenvalue weighted by molar-refractivity contribution is -0.149. The number of carboxylic acids is 1. The van der Waals surface area contributed by atoms with Gasteiger partial charge in [-0.25, -0.2) is 0 Å². The molecule has 2 aliphatic rings. The maximum absolute atomic E-state index is 12.3. The molecule has 0 aromatic rings. The van der Waals surface area contributed by atoms with Gasteiger partial charge in [0.25, 0.3) is 0 Å². The summed E-state index contributed by atoms with van der Waals surface area (Å²) in [6.45, 7) is 2.93. The summed E-state index contributed by atoms with van der Waals surface area (Å²) in [6.07, 6.45) is 3.66. The second kappa shape index (κ2) is 6.24. The van der Waals surface area contributed by atoms with E-state index in [1.807, 2.05) is 6.92 Å². The molecule has 6 heteroatoms. The minimum atomic E-state index is -0.844. The first kappa shape index (κ1) is 14.8. The third-order valence-electron chi connectivity index (χ3n) is 4.30. The quantitative estimate of drug-likeness (QED) is 0.827. The lowest BCUT2D eigenvalue weighted by Gasteiger charge is -2.38. The zero-order valence-electron chi connectivity index (χ0n) is 11.9. The summed E-state index contributed by atoms with van der Waals surface area (Å²) in [5.41, 5.74) is 0. The molecule has 0 aliphatic carbocycles. The Morgan fingerprint density at radius 1 is 1.30 bits per heavy atom. The van der Waals surface area contributed by atoms with Crippen LogP contribution in [0.4, 0.5) is 0 Å². The molecule has 0 saturated carbocycles. The first-order chi connectivity index (χ1) is 9.49. The number of hydrogen-bond donors (Lipinski definition) is 1. The zero-order valence-corrected chi connectivity index (χ0v) is 11.9. The molecule has 112 valence electrons. The summed E-state index contributed by atoms with van der Waals surface area (Å²) in [5, 5.41) is 9.09. The van der Waals surface area contributed by atoms with Crippen LogP contribution in [0.15, 0.2) is 0 Å². The van der Waals surface area contributed by atoms with E-state index in [0.29, 0.717) is 25.8 Å². The molecule has 2 fully saturated rings. The number of hydrogen-bond acceptors (Lipinski definition) is 3. The van der Waals surface area contributed by atoms with Crippen molar-refractivity contribution in [1.29, 1.82) is 0 Å². The van der Waals surface area contributed by atoms with E-state index in [1.54, 1.807) is 9.80 Å². The Labute approximate surface area is 118 Å². The molecule has 6 nitrogen and oxygen atoms in total. The minimum absolute atomic E-state index is 0.0315. The third-order valence-corrected chi connectivity index (χ3v) is 4.30. The topological polar surface area (TPSA) is 77.9 Å². The summed E-state index contributed by atoms with van der Waals surface area (Å²) >= 11 is 0. The highest BCUT2D eigenvalue weighted by Crippen LogP contribution is 2.22. The Kier molecular flexibility index (Phi) is 4.62. The van der Waals surface area contributed by atoms with Gasteiger partial charge in [-0.1, -0.05) is 0 Å². The maximum Gasteiger partial charge on any atom is 0.308 e. The van der Waals surface area contributed by atoms with Crippen molar-refractivity contribution in [3.05, 3.63) is 0 Å². The smallest absolute Gasteiger partial charge is 0.308 e. The molecule has 2 heterocycles. The van der Waals surface area contributed by atoms with Gasteiger partial charge in [-0.2, -0.15) is 0 Å². The molecule has 2 rings (SSSR count). The fourth-order valence-electron chi connectivity index (χ4n) is 2.94. The molecule has 2 amide bonds. The highest BCUT2D eigenvalue weighted by Gasteiger charge is 2.33. The summed E-state index contributed by atoms with van der Waals surface area (Å²) in [6, 6.07) is 0.0537. The van der Waals surface area contributed by atoms with Crippen LogP contribution in [0.5, 0.6) is 0 Å². The molecule has 20 heavy (non-hydrogen) atoms. The molecule has 2 saturated heterocycles. The number of rotatable bonds is 3. The van der Waals surface area contributed by atoms with Crippen LogP contribution in [-0.4, -0.2) is 58.4 Å². The Morgan fingerprint density at radius 3 is 2.70 bits per heavy atom. The van der Waals surface area contributed by atoms with Crippen molar-refractivity contribution in [1.82, 2.24) is 9.80 Å². The van der Waals surface area contributed by atoms with Gasteiger partial charge in [-0.3, -0.25) is 14.4 Å². The number of amides is 2. The van der Waals surface area contributed by atoms with Crippen molar-refractivity contribution in [2.45, 2.75) is 45.1 Å². The number of piperidine rings is 2. The fourth-order valence-corrected chi connectivity index (χ4v) is 2.94. The van der Waals surface area contributed by atoms with E-state index in [9.17, 15) is 14.4 Å². The molecule has 1 N–H and O–H groups in total. The molecule has 2 atom stereocenters. The highest BCUT2D eigenvalue weighted by atomic mass is 16.4. The fraction of sp³-hybridized carbons (Fsp3) is 0.786. The average molecular weight is 282 g/mol. The van der Waals surface area contributed by atoms with E-state index < -0.39 is 11.9 Å². The predicted octanol–water partition coefficient (Wildman–Crippen LogP) is 0.711. The van der Waals surface area contributed by atoms with E-state index in [4.69, 9.17) is 5.11 Å². The van der Waals surface area contributed by atoms with E-state index in [-0.39, 0.29) is 30.9 Å². The molecule has 0 aromatic carbocycles. The molecule has 0 bridgehead atoms. The van der Waals surface area contributed by atoms with Crippen LogP contribution in [0.1, 0.15) is 39.0 Å². The number of aliphatic carboxylic acids is 1. The summed E-state index contributed by atoms with van der Waals surface area (Å²) in [5.74, 6) is -1.42. The Balaban J connectivity index is 1.96. The van der Waals surface area contributed by atoms with Gasteiger partial charge in [0, 0.05) is 25.6 Å². The Bertz CT molecular complexity index is 410. The van der Waals surface area contributed by atoms with Crippen molar-refractivity contribution in [3.63, 3.8) is 0 Å². The highest BCUT2D eigenvalue weighted by molar-refractivity contribution is 5.85. The van der Waals surface area contributed by atoms with Gasteiger partial charge in [-0.05, 0) is 32.6 Å². The zero-order chi connectivity index (χ0) is 14.7. The molecular formula is C14H22N2O4. The van der Waals surface area contributed by atoms with E-state index in [2.05, 4.69) is 0 Å². The number of carbonyl (C=O) groups is 3. The van der Waals surface area contributed by atoms with E-state index in [1.165, 1.54) is 0 Å². The number of nitrogens with zero attached hydrogens (tertiary/aromatic N) is 2. The first-order valence-corrected chi connectivity index (χ1v) is 7.29. The molecule has 0 aromatic heterocycles. The monoisotopic (exact) mass is 282 g/mol. The standard InChI is InChI=1S/C14H22N2O4/c1-10-5-6-11(14(19)20)8-16(10)13(18)9-15-7-3-2-4-12(15)17/h10-11H,2-9H2,1H3,(H,19,20). The van der Waals surface area contributed by atoms with E-state index >= 15 is 0 Å². The lowest BCUT2D eigenvalue weighted by Crippen LogP contribution is -2.51. The molecule has 2 aliphatic heterocycles. The average Bonchev–Trinajstić information content (AvgIpc) is 2.41. The van der Waals surface area contributed by atoms with Crippen LogP contribution in [0.2, 0.25) is 0 Å². The van der Waals surface area contributed by atoms with Gasteiger partial charge in [-0.15, -0.1) is 0 Å². The number of carbonyl (C=O) groups excluding carboxylic acids is 2. The molecule has 0 spiro atoms. The second-order valence-electron chi connectivity index (χ2n) is 5.78. The summed E-state index contributed by atoms with van der Waals surface area (Å²) < 4.78 is 0. The third kappa shape index (κ3) is 3.29. The van der Waals surface area contributed by atoms with Crippen molar-refractivity contribution in [3.8, 4) is 0 Å². The summed E-state index contributed by atoms with van der Waals surface area (Å²) in [7, 11) is 0. The Morgan fingerprint density at radius 2 is 2.05 bits per heavy atom. The maximum atomic E-state index is 12.3.